The average Bonchev–Trinajstić information content (AvgIpc) is 3.25. The number of methoxy groups -OCH3 is 1. The van der Waals surface area contributed by atoms with Gasteiger partial charge in [0.2, 0.25) is 5.91 Å². The lowest BCUT2D eigenvalue weighted by Crippen LogP contribution is -2.29. The number of rotatable bonds is 6. The summed E-state index contributed by atoms with van der Waals surface area (Å²) in [6.45, 7) is 3.43. The normalized spacial score (nSPS) is 23.2. The minimum atomic E-state index is 0.0729. The maximum absolute atomic E-state index is 12.5. The molecule has 2 aliphatic rings. The third kappa shape index (κ3) is 3.50. The van der Waals surface area contributed by atoms with E-state index in [1.807, 2.05) is 10.7 Å². The predicted molar refractivity (Wildman–Crippen MR) is 84.8 cm³/mol. The lowest BCUT2D eigenvalue weighted by atomic mass is 10.1. The monoisotopic (exact) mass is 306 g/mol. The molecule has 0 aromatic carbocycles. The number of carbonyl (C=O) groups is 1. The topological polar surface area (TPSA) is 59.4 Å². The highest BCUT2D eigenvalue weighted by Gasteiger charge is 2.29. The Morgan fingerprint density at radius 1 is 1.41 bits per heavy atom. The average molecular weight is 306 g/mol. The number of amides is 1. The highest BCUT2D eigenvalue weighted by atomic mass is 16.5. The molecule has 1 unspecified atom stereocenters. The maximum Gasteiger partial charge on any atom is 0.229 e. The third-order valence-electron chi connectivity index (χ3n) is 4.85. The van der Waals surface area contributed by atoms with Crippen LogP contribution in [0.3, 0.4) is 0 Å². The van der Waals surface area contributed by atoms with Crippen LogP contribution in [0.1, 0.15) is 38.1 Å². The minimum Gasteiger partial charge on any atom is -0.383 e. The summed E-state index contributed by atoms with van der Waals surface area (Å²) in [6, 6.07) is 2.36. The van der Waals surface area contributed by atoms with Crippen molar-refractivity contribution in [3.8, 4) is 0 Å². The van der Waals surface area contributed by atoms with Gasteiger partial charge in [-0.2, -0.15) is 5.10 Å². The number of nitrogens with zero attached hydrogens (tertiary/aromatic N) is 3. The molecule has 22 heavy (non-hydrogen) atoms. The molecule has 0 spiro atoms. The fourth-order valence-corrected chi connectivity index (χ4v) is 3.55. The Hall–Kier alpha value is -1.40. The second-order valence-corrected chi connectivity index (χ2v) is 6.37. The van der Waals surface area contributed by atoms with Crippen molar-refractivity contribution < 1.29 is 9.53 Å². The Labute approximate surface area is 131 Å². The molecule has 6 nitrogen and oxygen atoms in total. The van der Waals surface area contributed by atoms with Crippen LogP contribution >= 0.6 is 0 Å². The Bertz CT molecular complexity index is 496. The van der Waals surface area contributed by atoms with Crippen molar-refractivity contribution in [2.45, 2.75) is 38.1 Å². The van der Waals surface area contributed by atoms with Crippen molar-refractivity contribution in [3.63, 3.8) is 0 Å². The zero-order valence-electron chi connectivity index (χ0n) is 13.3. The second kappa shape index (κ2) is 7.24. The van der Waals surface area contributed by atoms with Crippen molar-refractivity contribution >= 4 is 11.7 Å². The van der Waals surface area contributed by atoms with Gasteiger partial charge >= 0.3 is 0 Å². The van der Waals surface area contributed by atoms with E-state index >= 15 is 0 Å². The van der Waals surface area contributed by atoms with Gasteiger partial charge in [0.15, 0.2) is 0 Å². The largest absolute Gasteiger partial charge is 0.383 e. The zero-order valence-corrected chi connectivity index (χ0v) is 13.3. The molecule has 3 rings (SSSR count). The lowest BCUT2D eigenvalue weighted by Gasteiger charge is -2.17. The van der Waals surface area contributed by atoms with Crippen LogP contribution in [0.25, 0.3) is 0 Å². The Morgan fingerprint density at radius 2 is 2.23 bits per heavy atom. The molecule has 1 aromatic rings. The Morgan fingerprint density at radius 3 is 3.00 bits per heavy atom. The number of anilines is 1. The van der Waals surface area contributed by atoms with E-state index in [1.54, 1.807) is 13.3 Å². The molecule has 1 amide bonds. The van der Waals surface area contributed by atoms with Crippen LogP contribution in [0, 0.1) is 5.92 Å². The quantitative estimate of drug-likeness (QED) is 0.872. The summed E-state index contributed by atoms with van der Waals surface area (Å²) in [7, 11) is 1.71. The van der Waals surface area contributed by atoms with E-state index < -0.39 is 0 Å². The van der Waals surface area contributed by atoms with E-state index in [9.17, 15) is 4.79 Å². The molecule has 2 heterocycles. The van der Waals surface area contributed by atoms with E-state index in [-0.39, 0.29) is 11.8 Å². The highest BCUT2D eigenvalue weighted by Crippen LogP contribution is 2.31. The molecule has 1 saturated carbocycles. The van der Waals surface area contributed by atoms with Gasteiger partial charge in [-0.3, -0.25) is 4.79 Å². The summed E-state index contributed by atoms with van der Waals surface area (Å²) < 4.78 is 7.11. The van der Waals surface area contributed by atoms with E-state index in [1.165, 1.54) is 25.7 Å². The standard InChI is InChI=1S/C16H26N4O2/c1-22-11-10-19-9-7-13(12-19)16(21)18-15-6-8-17-20(15)14-4-2-3-5-14/h6,8,13-14H,2-5,7,9-12H2,1H3,(H,18,21). The van der Waals surface area contributed by atoms with Crippen molar-refractivity contribution in [3.05, 3.63) is 12.3 Å². The number of hydrogen-bond donors (Lipinski definition) is 1. The van der Waals surface area contributed by atoms with Crippen molar-refractivity contribution in [1.29, 1.82) is 0 Å². The van der Waals surface area contributed by atoms with E-state index in [0.717, 1.165) is 38.5 Å². The molecule has 1 aromatic heterocycles. The van der Waals surface area contributed by atoms with Crippen molar-refractivity contribution in [2.75, 3.05) is 38.7 Å². The van der Waals surface area contributed by atoms with Crippen LogP contribution in [0.15, 0.2) is 12.3 Å². The van der Waals surface area contributed by atoms with Gasteiger partial charge in [0.1, 0.15) is 5.82 Å². The fourth-order valence-electron chi connectivity index (χ4n) is 3.55. The first-order valence-corrected chi connectivity index (χ1v) is 8.33. The number of likely N-dealkylation sites (tertiary alicyclic amines) is 1. The van der Waals surface area contributed by atoms with Crippen LogP contribution < -0.4 is 5.32 Å². The number of hydrogen-bond acceptors (Lipinski definition) is 4. The van der Waals surface area contributed by atoms with Crippen molar-refractivity contribution in [2.24, 2.45) is 5.92 Å². The number of ether oxygens (including phenoxy) is 1. The summed E-state index contributed by atoms with van der Waals surface area (Å²) in [5, 5.41) is 7.50. The van der Waals surface area contributed by atoms with Crippen molar-refractivity contribution in [1.82, 2.24) is 14.7 Å². The first-order valence-electron chi connectivity index (χ1n) is 8.33. The number of aromatic nitrogens is 2. The zero-order chi connectivity index (χ0) is 15.4. The molecular formula is C16H26N4O2. The molecule has 1 N–H and O–H groups in total. The molecule has 0 bridgehead atoms. The number of nitrogens with one attached hydrogen (secondary N) is 1. The molecule has 1 saturated heterocycles. The molecular weight excluding hydrogens is 280 g/mol. The molecule has 6 heteroatoms. The van der Waals surface area contributed by atoms with Gasteiger partial charge in [0, 0.05) is 26.3 Å². The van der Waals surface area contributed by atoms with E-state index in [2.05, 4.69) is 15.3 Å². The smallest absolute Gasteiger partial charge is 0.229 e. The third-order valence-corrected chi connectivity index (χ3v) is 4.85. The molecule has 0 radical (unpaired) electrons. The van der Waals surface area contributed by atoms with Gasteiger partial charge in [-0.25, -0.2) is 4.68 Å². The molecule has 1 atom stereocenters. The van der Waals surface area contributed by atoms with E-state index in [4.69, 9.17) is 4.74 Å². The predicted octanol–water partition coefficient (Wildman–Crippen LogP) is 1.90. The van der Waals surface area contributed by atoms with Gasteiger partial charge in [0.25, 0.3) is 0 Å². The first-order chi connectivity index (χ1) is 10.8. The minimum absolute atomic E-state index is 0.0729. The van der Waals surface area contributed by atoms with Gasteiger partial charge in [-0.1, -0.05) is 12.8 Å². The molecule has 122 valence electrons. The molecule has 1 aliphatic heterocycles. The first kappa shape index (κ1) is 15.5. The van der Waals surface area contributed by atoms with Crippen LogP contribution in [-0.2, 0) is 9.53 Å². The van der Waals surface area contributed by atoms with Crippen LogP contribution in [0.2, 0.25) is 0 Å². The van der Waals surface area contributed by atoms with E-state index in [0.29, 0.717) is 6.04 Å². The summed E-state index contributed by atoms with van der Waals surface area (Å²) in [6.07, 6.45) is 7.56. The summed E-state index contributed by atoms with van der Waals surface area (Å²) in [5.41, 5.74) is 0. The van der Waals surface area contributed by atoms with Gasteiger partial charge < -0.3 is 15.0 Å². The highest BCUT2D eigenvalue weighted by molar-refractivity contribution is 5.92. The summed E-state index contributed by atoms with van der Waals surface area (Å²) >= 11 is 0. The summed E-state index contributed by atoms with van der Waals surface area (Å²) in [5.74, 6) is 1.05. The fraction of sp³-hybridized carbons (Fsp3) is 0.750. The Kier molecular flexibility index (Phi) is 5.10. The van der Waals surface area contributed by atoms with Gasteiger partial charge in [-0.15, -0.1) is 0 Å². The summed E-state index contributed by atoms with van der Waals surface area (Å²) in [4.78, 5) is 14.8. The van der Waals surface area contributed by atoms with Crippen LogP contribution in [-0.4, -0.2) is 53.9 Å². The number of carbonyl (C=O) groups excluding carboxylic acids is 1. The molecule has 1 aliphatic carbocycles. The van der Waals surface area contributed by atoms with Gasteiger partial charge in [0.05, 0.1) is 24.8 Å². The SMILES string of the molecule is COCCN1CCC(C(=O)Nc2ccnn2C2CCCC2)C1. The Balaban J connectivity index is 1.55. The van der Waals surface area contributed by atoms with Gasteiger partial charge in [-0.05, 0) is 25.8 Å². The van der Waals surface area contributed by atoms with Crippen LogP contribution in [0.5, 0.6) is 0 Å². The second-order valence-electron chi connectivity index (χ2n) is 6.37. The van der Waals surface area contributed by atoms with Crippen LogP contribution in [0.4, 0.5) is 5.82 Å². The lowest BCUT2D eigenvalue weighted by molar-refractivity contribution is -0.119. The molecule has 2 fully saturated rings. The maximum atomic E-state index is 12.5.